The van der Waals surface area contributed by atoms with Gasteiger partial charge in [-0.15, -0.1) is 0 Å². The van der Waals surface area contributed by atoms with Crippen LogP contribution in [-0.4, -0.2) is 23.5 Å². The predicted octanol–water partition coefficient (Wildman–Crippen LogP) is 0.750. The molecule has 1 aromatic heterocycles. The Kier molecular flexibility index (Phi) is 2.69. The summed E-state index contributed by atoms with van der Waals surface area (Å²) in [5.41, 5.74) is 6.58. The van der Waals surface area contributed by atoms with Crippen molar-refractivity contribution in [3.8, 4) is 0 Å². The lowest BCUT2D eigenvalue weighted by Gasteiger charge is -2.16. The SMILES string of the molecule is NC1CC(=O)N(c2cnccc2I)C1. The number of hydrogen-bond donors (Lipinski definition) is 1. The molecule has 1 amide bonds. The van der Waals surface area contributed by atoms with Crippen LogP contribution in [0.15, 0.2) is 18.5 Å². The van der Waals surface area contributed by atoms with Gasteiger partial charge in [0.15, 0.2) is 0 Å². The molecule has 14 heavy (non-hydrogen) atoms. The van der Waals surface area contributed by atoms with Gasteiger partial charge >= 0.3 is 0 Å². The smallest absolute Gasteiger partial charge is 0.228 e. The monoisotopic (exact) mass is 303 g/mol. The third-order valence-corrected chi connectivity index (χ3v) is 3.11. The fourth-order valence-corrected chi connectivity index (χ4v) is 2.13. The first-order valence-corrected chi connectivity index (χ1v) is 5.42. The summed E-state index contributed by atoms with van der Waals surface area (Å²) in [7, 11) is 0. The zero-order chi connectivity index (χ0) is 10.1. The molecule has 1 unspecified atom stereocenters. The molecule has 5 heteroatoms. The van der Waals surface area contributed by atoms with Gasteiger partial charge in [0.1, 0.15) is 0 Å². The van der Waals surface area contributed by atoms with Gasteiger partial charge in [-0.2, -0.15) is 0 Å². The van der Waals surface area contributed by atoms with Gasteiger partial charge in [-0.25, -0.2) is 0 Å². The zero-order valence-electron chi connectivity index (χ0n) is 7.48. The molecule has 1 aliphatic heterocycles. The van der Waals surface area contributed by atoms with Crippen LogP contribution in [0.5, 0.6) is 0 Å². The molecule has 1 aromatic rings. The molecule has 0 aliphatic carbocycles. The van der Waals surface area contributed by atoms with Crippen molar-refractivity contribution in [3.63, 3.8) is 0 Å². The summed E-state index contributed by atoms with van der Waals surface area (Å²) in [6.45, 7) is 0.598. The summed E-state index contributed by atoms with van der Waals surface area (Å²) in [5.74, 6) is 0.0865. The van der Waals surface area contributed by atoms with E-state index in [1.54, 1.807) is 17.3 Å². The van der Waals surface area contributed by atoms with Crippen molar-refractivity contribution in [2.75, 3.05) is 11.4 Å². The maximum Gasteiger partial charge on any atom is 0.228 e. The van der Waals surface area contributed by atoms with E-state index in [-0.39, 0.29) is 11.9 Å². The number of rotatable bonds is 1. The maximum absolute atomic E-state index is 11.6. The molecule has 2 heterocycles. The van der Waals surface area contributed by atoms with Crippen molar-refractivity contribution in [3.05, 3.63) is 22.0 Å². The first-order valence-electron chi connectivity index (χ1n) is 4.34. The van der Waals surface area contributed by atoms with Crippen LogP contribution in [0.3, 0.4) is 0 Å². The first-order chi connectivity index (χ1) is 6.68. The quantitative estimate of drug-likeness (QED) is 0.779. The second-order valence-corrected chi connectivity index (χ2v) is 4.46. The van der Waals surface area contributed by atoms with E-state index in [4.69, 9.17) is 5.73 Å². The fraction of sp³-hybridized carbons (Fsp3) is 0.333. The molecule has 0 radical (unpaired) electrons. The van der Waals surface area contributed by atoms with E-state index in [1.165, 1.54) is 0 Å². The molecule has 0 bridgehead atoms. The van der Waals surface area contributed by atoms with E-state index in [0.29, 0.717) is 13.0 Å². The summed E-state index contributed by atoms with van der Waals surface area (Å²) in [6, 6.07) is 1.84. The van der Waals surface area contributed by atoms with Crippen LogP contribution in [0.2, 0.25) is 0 Å². The predicted molar refractivity (Wildman–Crippen MR) is 61.9 cm³/mol. The molecule has 1 fully saturated rings. The molecular weight excluding hydrogens is 293 g/mol. The van der Waals surface area contributed by atoms with Crippen LogP contribution in [0, 0.1) is 3.57 Å². The second kappa shape index (κ2) is 3.82. The van der Waals surface area contributed by atoms with Gasteiger partial charge in [0.2, 0.25) is 5.91 Å². The average Bonchev–Trinajstić information content (AvgIpc) is 2.46. The summed E-state index contributed by atoms with van der Waals surface area (Å²) in [6.07, 6.45) is 3.86. The van der Waals surface area contributed by atoms with E-state index in [1.807, 2.05) is 6.07 Å². The van der Waals surface area contributed by atoms with E-state index >= 15 is 0 Å². The van der Waals surface area contributed by atoms with E-state index < -0.39 is 0 Å². The Balaban J connectivity index is 2.32. The average molecular weight is 303 g/mol. The van der Waals surface area contributed by atoms with Gasteiger partial charge in [-0.05, 0) is 28.7 Å². The lowest BCUT2D eigenvalue weighted by Crippen LogP contribution is -2.28. The van der Waals surface area contributed by atoms with Crippen LogP contribution < -0.4 is 10.6 Å². The summed E-state index contributed by atoms with van der Waals surface area (Å²) in [5, 5.41) is 0. The summed E-state index contributed by atoms with van der Waals surface area (Å²) < 4.78 is 1.03. The highest BCUT2D eigenvalue weighted by atomic mass is 127. The Labute approximate surface area is 95.6 Å². The molecule has 0 spiro atoms. The molecule has 0 aromatic carbocycles. The van der Waals surface area contributed by atoms with Gasteiger partial charge in [-0.1, -0.05) is 0 Å². The molecule has 4 nitrogen and oxygen atoms in total. The Hall–Kier alpha value is -0.690. The minimum Gasteiger partial charge on any atom is -0.326 e. The highest BCUT2D eigenvalue weighted by Gasteiger charge is 2.29. The third kappa shape index (κ3) is 1.74. The van der Waals surface area contributed by atoms with E-state index in [0.717, 1.165) is 9.26 Å². The van der Waals surface area contributed by atoms with Crippen LogP contribution >= 0.6 is 22.6 Å². The first kappa shape index (κ1) is 9.85. The number of nitrogens with zero attached hydrogens (tertiary/aromatic N) is 2. The number of carbonyl (C=O) groups excluding carboxylic acids is 1. The highest BCUT2D eigenvalue weighted by Crippen LogP contribution is 2.24. The van der Waals surface area contributed by atoms with Crippen molar-refractivity contribution in [1.82, 2.24) is 4.98 Å². The van der Waals surface area contributed by atoms with E-state index in [9.17, 15) is 4.79 Å². The summed E-state index contributed by atoms with van der Waals surface area (Å²) in [4.78, 5) is 17.3. The van der Waals surface area contributed by atoms with Crippen LogP contribution in [-0.2, 0) is 4.79 Å². The number of halogens is 1. The molecule has 2 N–H and O–H groups in total. The molecule has 1 atom stereocenters. The third-order valence-electron chi connectivity index (χ3n) is 2.19. The second-order valence-electron chi connectivity index (χ2n) is 3.30. The van der Waals surface area contributed by atoms with Crippen molar-refractivity contribution in [1.29, 1.82) is 0 Å². The molecular formula is C9H10IN3O. The number of anilines is 1. The van der Waals surface area contributed by atoms with Gasteiger partial charge in [0.25, 0.3) is 0 Å². The van der Waals surface area contributed by atoms with Gasteiger partial charge < -0.3 is 10.6 Å². The Bertz CT molecular complexity index is 369. The van der Waals surface area contributed by atoms with Crippen molar-refractivity contribution in [2.45, 2.75) is 12.5 Å². The number of amides is 1. The highest BCUT2D eigenvalue weighted by molar-refractivity contribution is 14.1. The van der Waals surface area contributed by atoms with Crippen LogP contribution in [0.25, 0.3) is 0 Å². The minimum absolute atomic E-state index is 0.0430. The number of pyridine rings is 1. The standard InChI is InChI=1S/C9H10IN3O/c10-7-1-2-12-4-8(7)13-5-6(11)3-9(13)14/h1-2,4,6H,3,5,11H2. The Morgan fingerprint density at radius 2 is 2.43 bits per heavy atom. The van der Waals surface area contributed by atoms with Crippen molar-refractivity contribution in [2.24, 2.45) is 5.73 Å². The van der Waals surface area contributed by atoms with Gasteiger partial charge in [0.05, 0.1) is 11.9 Å². The van der Waals surface area contributed by atoms with Gasteiger partial charge in [0, 0.05) is 28.8 Å². The number of carbonyl (C=O) groups is 1. The van der Waals surface area contributed by atoms with Crippen LogP contribution in [0.1, 0.15) is 6.42 Å². The van der Waals surface area contributed by atoms with E-state index in [2.05, 4.69) is 27.6 Å². The summed E-state index contributed by atoms with van der Waals surface area (Å²) >= 11 is 2.19. The van der Waals surface area contributed by atoms with Crippen molar-refractivity contribution < 1.29 is 4.79 Å². The minimum atomic E-state index is -0.0430. The molecule has 1 saturated heterocycles. The fourth-order valence-electron chi connectivity index (χ4n) is 1.54. The lowest BCUT2D eigenvalue weighted by molar-refractivity contribution is -0.117. The normalized spacial score (nSPS) is 21.7. The molecule has 0 saturated carbocycles. The Morgan fingerprint density at radius 1 is 1.64 bits per heavy atom. The number of aromatic nitrogens is 1. The molecule has 1 aliphatic rings. The van der Waals surface area contributed by atoms with Crippen LogP contribution in [0.4, 0.5) is 5.69 Å². The lowest BCUT2D eigenvalue weighted by atomic mass is 10.3. The number of hydrogen-bond acceptors (Lipinski definition) is 3. The number of nitrogens with two attached hydrogens (primary N) is 1. The maximum atomic E-state index is 11.6. The molecule has 74 valence electrons. The zero-order valence-corrected chi connectivity index (χ0v) is 9.64. The topological polar surface area (TPSA) is 59.2 Å². The molecule has 2 rings (SSSR count). The Morgan fingerprint density at radius 3 is 3.00 bits per heavy atom. The van der Waals surface area contributed by atoms with Gasteiger partial charge in [-0.3, -0.25) is 9.78 Å². The largest absolute Gasteiger partial charge is 0.326 e. The van der Waals surface area contributed by atoms with Crippen molar-refractivity contribution >= 4 is 34.2 Å².